The molecule has 1 aliphatic carbocycles. The lowest BCUT2D eigenvalue weighted by Gasteiger charge is -2.34. The fourth-order valence-corrected chi connectivity index (χ4v) is 1.88. The molecular weight excluding hydrogens is 188 g/mol. The number of rotatable bonds is 6. The minimum absolute atomic E-state index is 0.00481. The van der Waals surface area contributed by atoms with Gasteiger partial charge in [-0.2, -0.15) is 0 Å². The predicted octanol–water partition coefficient (Wildman–Crippen LogP) is 1.56. The summed E-state index contributed by atoms with van der Waals surface area (Å²) in [4.78, 5) is 0. The van der Waals surface area contributed by atoms with Crippen molar-refractivity contribution < 1.29 is 4.74 Å². The number of nitrogens with one attached hydrogen (secondary N) is 1. The molecule has 1 unspecified atom stereocenters. The third-order valence-corrected chi connectivity index (χ3v) is 2.72. The summed E-state index contributed by atoms with van der Waals surface area (Å²) in [5.74, 6) is 0. The van der Waals surface area contributed by atoms with Crippen LogP contribution in [0.25, 0.3) is 0 Å². The SMILES string of the molecule is CCCNC1(CCOC)C=CC=C(N)C1. The number of ether oxygens (including phenoxy) is 1. The van der Waals surface area contributed by atoms with Crippen molar-refractivity contribution in [3.05, 3.63) is 23.9 Å². The van der Waals surface area contributed by atoms with Crippen LogP contribution in [0.5, 0.6) is 0 Å². The Balaban J connectivity index is 2.60. The van der Waals surface area contributed by atoms with Crippen LogP contribution in [0.15, 0.2) is 23.9 Å². The minimum Gasteiger partial charge on any atom is -0.402 e. The second-order valence-corrected chi connectivity index (χ2v) is 4.10. The Morgan fingerprint density at radius 1 is 1.60 bits per heavy atom. The van der Waals surface area contributed by atoms with Crippen LogP contribution in [0.1, 0.15) is 26.2 Å². The van der Waals surface area contributed by atoms with Crippen molar-refractivity contribution in [2.45, 2.75) is 31.7 Å². The first-order valence-electron chi connectivity index (χ1n) is 5.60. The van der Waals surface area contributed by atoms with E-state index in [0.717, 1.165) is 38.1 Å². The van der Waals surface area contributed by atoms with Gasteiger partial charge in [0.1, 0.15) is 0 Å². The van der Waals surface area contributed by atoms with Gasteiger partial charge < -0.3 is 15.8 Å². The zero-order chi connectivity index (χ0) is 11.1. The molecule has 0 radical (unpaired) electrons. The Labute approximate surface area is 92.4 Å². The molecule has 0 aromatic heterocycles. The lowest BCUT2D eigenvalue weighted by molar-refractivity contribution is 0.167. The van der Waals surface area contributed by atoms with Gasteiger partial charge in [-0.05, 0) is 25.5 Å². The third kappa shape index (κ3) is 3.68. The van der Waals surface area contributed by atoms with Gasteiger partial charge in [-0.15, -0.1) is 0 Å². The van der Waals surface area contributed by atoms with Crippen LogP contribution in [-0.2, 0) is 4.74 Å². The van der Waals surface area contributed by atoms with E-state index >= 15 is 0 Å². The Bertz CT molecular complexity index is 238. The van der Waals surface area contributed by atoms with Crippen molar-refractivity contribution in [1.29, 1.82) is 0 Å². The molecule has 3 nitrogen and oxygen atoms in total. The van der Waals surface area contributed by atoms with Gasteiger partial charge in [-0.3, -0.25) is 0 Å². The highest BCUT2D eigenvalue weighted by molar-refractivity contribution is 5.25. The predicted molar refractivity (Wildman–Crippen MR) is 63.5 cm³/mol. The van der Waals surface area contributed by atoms with E-state index in [1.807, 2.05) is 12.2 Å². The molecule has 1 rings (SSSR count). The third-order valence-electron chi connectivity index (χ3n) is 2.72. The summed E-state index contributed by atoms with van der Waals surface area (Å²) in [6, 6.07) is 0. The lowest BCUT2D eigenvalue weighted by Crippen LogP contribution is -2.46. The summed E-state index contributed by atoms with van der Waals surface area (Å²) < 4.78 is 5.15. The molecule has 3 N–H and O–H groups in total. The normalized spacial score (nSPS) is 25.3. The maximum absolute atomic E-state index is 5.88. The first kappa shape index (κ1) is 12.3. The minimum atomic E-state index is 0.00481. The van der Waals surface area contributed by atoms with Crippen LogP contribution >= 0.6 is 0 Å². The first-order valence-corrected chi connectivity index (χ1v) is 5.60. The van der Waals surface area contributed by atoms with E-state index in [9.17, 15) is 0 Å². The van der Waals surface area contributed by atoms with Crippen molar-refractivity contribution in [2.75, 3.05) is 20.3 Å². The van der Waals surface area contributed by atoms with E-state index in [0.29, 0.717) is 0 Å². The van der Waals surface area contributed by atoms with E-state index in [2.05, 4.69) is 18.3 Å². The Kier molecular flexibility index (Phi) is 4.85. The molecule has 0 heterocycles. The molecule has 0 saturated carbocycles. The maximum atomic E-state index is 5.88. The standard InChI is InChI=1S/C12H22N2O/c1-3-8-14-12(7-9-15-2)6-4-5-11(13)10-12/h4-6,14H,3,7-10,13H2,1-2H3. The zero-order valence-electron chi connectivity index (χ0n) is 9.75. The fourth-order valence-electron chi connectivity index (χ4n) is 1.88. The molecule has 1 aliphatic rings. The van der Waals surface area contributed by atoms with Crippen molar-refractivity contribution in [1.82, 2.24) is 5.32 Å². The second-order valence-electron chi connectivity index (χ2n) is 4.10. The van der Waals surface area contributed by atoms with Gasteiger partial charge in [-0.1, -0.05) is 19.1 Å². The van der Waals surface area contributed by atoms with E-state index in [1.165, 1.54) is 0 Å². The number of hydrogen-bond acceptors (Lipinski definition) is 3. The van der Waals surface area contributed by atoms with E-state index < -0.39 is 0 Å². The molecule has 0 saturated heterocycles. The molecule has 0 fully saturated rings. The highest BCUT2D eigenvalue weighted by atomic mass is 16.5. The molecule has 0 bridgehead atoms. The molecule has 0 aliphatic heterocycles. The molecule has 15 heavy (non-hydrogen) atoms. The van der Waals surface area contributed by atoms with Crippen molar-refractivity contribution in [3.8, 4) is 0 Å². The summed E-state index contributed by atoms with van der Waals surface area (Å²) in [5.41, 5.74) is 6.83. The number of hydrogen-bond donors (Lipinski definition) is 2. The zero-order valence-corrected chi connectivity index (χ0v) is 9.75. The van der Waals surface area contributed by atoms with Gasteiger partial charge in [0, 0.05) is 31.4 Å². The van der Waals surface area contributed by atoms with Crippen LogP contribution in [0, 0.1) is 0 Å². The van der Waals surface area contributed by atoms with E-state index in [4.69, 9.17) is 10.5 Å². The topological polar surface area (TPSA) is 47.3 Å². The van der Waals surface area contributed by atoms with Gasteiger partial charge in [-0.25, -0.2) is 0 Å². The van der Waals surface area contributed by atoms with Crippen LogP contribution < -0.4 is 11.1 Å². The summed E-state index contributed by atoms with van der Waals surface area (Å²) in [5, 5.41) is 3.56. The number of nitrogens with two attached hydrogens (primary N) is 1. The number of methoxy groups -OCH3 is 1. The van der Waals surface area contributed by atoms with E-state index in [-0.39, 0.29) is 5.54 Å². The Morgan fingerprint density at radius 2 is 2.40 bits per heavy atom. The van der Waals surface area contributed by atoms with Crippen LogP contribution in [-0.4, -0.2) is 25.8 Å². The maximum Gasteiger partial charge on any atom is 0.0483 e. The molecular formula is C12H22N2O. The van der Waals surface area contributed by atoms with Crippen LogP contribution in [0.2, 0.25) is 0 Å². The molecule has 0 spiro atoms. The van der Waals surface area contributed by atoms with Gasteiger partial charge in [0.15, 0.2) is 0 Å². The van der Waals surface area contributed by atoms with Crippen LogP contribution in [0.3, 0.4) is 0 Å². The van der Waals surface area contributed by atoms with Gasteiger partial charge in [0.05, 0.1) is 0 Å². The highest BCUT2D eigenvalue weighted by Gasteiger charge is 2.27. The number of allylic oxidation sites excluding steroid dienone is 2. The largest absolute Gasteiger partial charge is 0.402 e. The first-order chi connectivity index (χ1) is 7.22. The molecule has 1 atom stereocenters. The average Bonchev–Trinajstić information content (AvgIpc) is 2.24. The Morgan fingerprint density at radius 3 is 3.00 bits per heavy atom. The van der Waals surface area contributed by atoms with Crippen LogP contribution in [0.4, 0.5) is 0 Å². The molecule has 0 amide bonds. The molecule has 86 valence electrons. The molecule has 0 aromatic carbocycles. The van der Waals surface area contributed by atoms with Crippen molar-refractivity contribution in [3.63, 3.8) is 0 Å². The highest BCUT2D eigenvalue weighted by Crippen LogP contribution is 2.24. The Hall–Kier alpha value is -0.800. The monoisotopic (exact) mass is 210 g/mol. The van der Waals surface area contributed by atoms with Crippen molar-refractivity contribution in [2.24, 2.45) is 5.73 Å². The van der Waals surface area contributed by atoms with E-state index in [1.54, 1.807) is 7.11 Å². The van der Waals surface area contributed by atoms with Gasteiger partial charge in [0.2, 0.25) is 0 Å². The molecule has 3 heteroatoms. The summed E-state index contributed by atoms with van der Waals surface area (Å²) in [7, 11) is 1.74. The summed E-state index contributed by atoms with van der Waals surface area (Å²) >= 11 is 0. The summed E-state index contributed by atoms with van der Waals surface area (Å²) in [6.45, 7) is 3.94. The van der Waals surface area contributed by atoms with Gasteiger partial charge in [0.25, 0.3) is 0 Å². The average molecular weight is 210 g/mol. The smallest absolute Gasteiger partial charge is 0.0483 e. The summed E-state index contributed by atoms with van der Waals surface area (Å²) in [6.07, 6.45) is 9.20. The second kappa shape index (κ2) is 5.93. The lowest BCUT2D eigenvalue weighted by atomic mass is 9.86. The fraction of sp³-hybridized carbons (Fsp3) is 0.667. The van der Waals surface area contributed by atoms with Gasteiger partial charge >= 0.3 is 0 Å². The molecule has 0 aromatic rings. The van der Waals surface area contributed by atoms with Crippen molar-refractivity contribution >= 4 is 0 Å². The quantitative estimate of drug-likeness (QED) is 0.699.